The lowest BCUT2D eigenvalue weighted by Gasteiger charge is -2.23. The number of hydrogen-bond acceptors (Lipinski definition) is 1. The summed E-state index contributed by atoms with van der Waals surface area (Å²) in [5, 5.41) is 9.62. The number of nitrogens with zero attached hydrogens (tertiary/aromatic N) is 1. The van der Waals surface area contributed by atoms with Gasteiger partial charge >= 0.3 is 0 Å². The zero-order valence-electron chi connectivity index (χ0n) is 17.5. The maximum Gasteiger partial charge on any atom is 0.115 e. The van der Waals surface area contributed by atoms with Gasteiger partial charge in [0.25, 0.3) is 0 Å². The molecule has 0 aliphatic heterocycles. The second-order valence-corrected chi connectivity index (χ2v) is 7.75. The summed E-state index contributed by atoms with van der Waals surface area (Å²) in [6.07, 6.45) is 7.45. The average Bonchev–Trinajstić information content (AvgIpc) is 3.09. The Kier molecular flexibility index (Phi) is 6.97. The largest absolute Gasteiger partial charge is 0.508 e. The van der Waals surface area contributed by atoms with Crippen molar-refractivity contribution in [3.8, 4) is 17.0 Å². The average molecular weight is 376 g/mol. The number of phenols is 1. The molecular weight excluding hydrogens is 342 g/mol. The smallest absolute Gasteiger partial charge is 0.115 e. The molecule has 2 heteroatoms. The van der Waals surface area contributed by atoms with Crippen LogP contribution in [0.15, 0.2) is 60.7 Å². The van der Waals surface area contributed by atoms with Crippen LogP contribution in [-0.4, -0.2) is 9.67 Å². The Labute approximate surface area is 169 Å². The summed E-state index contributed by atoms with van der Waals surface area (Å²) in [5.74, 6) is 0.306. The van der Waals surface area contributed by atoms with E-state index in [4.69, 9.17) is 0 Å². The Hall–Kier alpha value is -2.48. The molecule has 3 aromatic rings. The molecule has 28 heavy (non-hydrogen) atoms. The van der Waals surface area contributed by atoms with E-state index >= 15 is 0 Å². The highest BCUT2D eigenvalue weighted by Gasteiger charge is 2.17. The highest BCUT2D eigenvalue weighted by molar-refractivity contribution is 5.62. The summed E-state index contributed by atoms with van der Waals surface area (Å²) >= 11 is 0. The van der Waals surface area contributed by atoms with Crippen molar-refractivity contribution < 1.29 is 5.11 Å². The van der Waals surface area contributed by atoms with Crippen LogP contribution >= 0.6 is 0 Å². The molecule has 0 fully saturated rings. The summed E-state index contributed by atoms with van der Waals surface area (Å²) in [6, 6.07) is 21.4. The molecule has 0 spiro atoms. The molecule has 1 aromatic heterocycles. The molecule has 0 amide bonds. The topological polar surface area (TPSA) is 25.2 Å². The first-order chi connectivity index (χ1) is 13.6. The lowest BCUT2D eigenvalue weighted by atomic mass is 9.99. The number of phenolic OH excluding ortho intramolecular Hbond substituents is 1. The third-order valence-electron chi connectivity index (χ3n) is 5.67. The summed E-state index contributed by atoms with van der Waals surface area (Å²) < 4.78 is 2.43. The second-order valence-electron chi connectivity index (χ2n) is 7.75. The fraction of sp³-hybridized carbons (Fsp3) is 0.385. The highest BCUT2D eigenvalue weighted by Crippen LogP contribution is 2.32. The predicted octanol–water partition coefficient (Wildman–Crippen LogP) is 7.29. The molecule has 0 aliphatic carbocycles. The lowest BCUT2D eigenvalue weighted by Crippen LogP contribution is -2.12. The molecule has 0 aliphatic rings. The summed E-state index contributed by atoms with van der Waals surface area (Å²) in [7, 11) is 0. The minimum Gasteiger partial charge on any atom is -0.508 e. The van der Waals surface area contributed by atoms with Gasteiger partial charge in [0, 0.05) is 11.4 Å². The van der Waals surface area contributed by atoms with Gasteiger partial charge in [-0.3, -0.25) is 0 Å². The van der Waals surface area contributed by atoms with E-state index in [0.29, 0.717) is 11.8 Å². The van der Waals surface area contributed by atoms with Crippen LogP contribution in [0.1, 0.15) is 68.8 Å². The summed E-state index contributed by atoms with van der Waals surface area (Å²) in [6.45, 7) is 6.69. The van der Waals surface area contributed by atoms with Gasteiger partial charge in [-0.05, 0) is 79.3 Å². The standard InChI is InChI=1S/C26H33NO/c1-4-6-7-8-9-21-11-13-22(14-12-21)25(5-2)27-20(3)10-19-26(27)23-15-17-24(28)18-16-23/h10-19,25,28H,4-9H2,1-3H3. The second kappa shape index (κ2) is 9.64. The zero-order chi connectivity index (χ0) is 19.9. The van der Waals surface area contributed by atoms with Gasteiger partial charge < -0.3 is 9.67 Å². The first-order valence-electron chi connectivity index (χ1n) is 10.7. The predicted molar refractivity (Wildman–Crippen MR) is 119 cm³/mol. The minimum atomic E-state index is 0.306. The van der Waals surface area contributed by atoms with Gasteiger partial charge in [-0.2, -0.15) is 0 Å². The first kappa shape index (κ1) is 20.3. The molecule has 3 rings (SSSR count). The fourth-order valence-electron chi connectivity index (χ4n) is 4.06. The van der Waals surface area contributed by atoms with Gasteiger partial charge in [0.1, 0.15) is 5.75 Å². The van der Waals surface area contributed by atoms with Crippen molar-refractivity contribution in [3.63, 3.8) is 0 Å². The normalized spacial score (nSPS) is 12.2. The van der Waals surface area contributed by atoms with Gasteiger partial charge in [-0.25, -0.2) is 0 Å². The quantitative estimate of drug-likeness (QED) is 0.390. The van der Waals surface area contributed by atoms with Crippen molar-refractivity contribution in [2.24, 2.45) is 0 Å². The monoisotopic (exact) mass is 375 g/mol. The third-order valence-corrected chi connectivity index (χ3v) is 5.67. The Balaban J connectivity index is 1.84. The van der Waals surface area contributed by atoms with Crippen LogP contribution in [0.3, 0.4) is 0 Å². The number of aryl methyl sites for hydroxylation is 2. The molecular formula is C26H33NO. The SMILES string of the molecule is CCCCCCc1ccc(C(CC)n2c(C)ccc2-c2ccc(O)cc2)cc1. The number of unbranched alkanes of at least 4 members (excludes halogenated alkanes) is 3. The molecule has 0 bridgehead atoms. The van der Waals surface area contributed by atoms with Gasteiger partial charge in [0.2, 0.25) is 0 Å². The number of aromatic hydroxyl groups is 1. The van der Waals surface area contributed by atoms with Gasteiger partial charge in [0.15, 0.2) is 0 Å². The molecule has 2 nitrogen and oxygen atoms in total. The van der Waals surface area contributed by atoms with Crippen molar-refractivity contribution in [2.75, 3.05) is 0 Å². The van der Waals surface area contributed by atoms with Crippen molar-refractivity contribution >= 4 is 0 Å². The molecule has 1 heterocycles. The van der Waals surface area contributed by atoms with Gasteiger partial charge in [-0.15, -0.1) is 0 Å². The number of hydrogen-bond donors (Lipinski definition) is 1. The molecule has 1 N–H and O–H groups in total. The van der Waals surface area contributed by atoms with Gasteiger partial charge in [-0.1, -0.05) is 57.4 Å². The van der Waals surface area contributed by atoms with Crippen LogP contribution in [0, 0.1) is 6.92 Å². The molecule has 1 atom stereocenters. The Morgan fingerprint density at radius 2 is 1.54 bits per heavy atom. The van der Waals surface area contributed by atoms with Crippen molar-refractivity contribution in [1.29, 1.82) is 0 Å². The van der Waals surface area contributed by atoms with Crippen LogP contribution in [-0.2, 0) is 6.42 Å². The zero-order valence-corrected chi connectivity index (χ0v) is 17.5. The lowest BCUT2D eigenvalue weighted by molar-refractivity contribution is 0.475. The molecule has 1 unspecified atom stereocenters. The van der Waals surface area contributed by atoms with E-state index in [9.17, 15) is 5.11 Å². The van der Waals surface area contributed by atoms with Crippen LogP contribution in [0.25, 0.3) is 11.3 Å². The Bertz CT molecular complexity index is 858. The summed E-state index contributed by atoms with van der Waals surface area (Å²) in [5.41, 5.74) is 6.40. The number of rotatable bonds is 9. The molecule has 0 radical (unpaired) electrons. The van der Waals surface area contributed by atoms with Crippen LogP contribution in [0.2, 0.25) is 0 Å². The number of benzene rings is 2. The third kappa shape index (κ3) is 4.67. The maximum atomic E-state index is 9.62. The van der Waals surface area contributed by atoms with Gasteiger partial charge in [0.05, 0.1) is 6.04 Å². The fourth-order valence-corrected chi connectivity index (χ4v) is 4.06. The van der Waals surface area contributed by atoms with Crippen LogP contribution in [0.5, 0.6) is 5.75 Å². The van der Waals surface area contributed by atoms with E-state index < -0.39 is 0 Å². The van der Waals surface area contributed by atoms with E-state index in [1.165, 1.54) is 54.6 Å². The van der Waals surface area contributed by atoms with Crippen molar-refractivity contribution in [2.45, 2.75) is 65.3 Å². The first-order valence-corrected chi connectivity index (χ1v) is 10.7. The molecule has 2 aromatic carbocycles. The highest BCUT2D eigenvalue weighted by atomic mass is 16.3. The minimum absolute atomic E-state index is 0.306. The van der Waals surface area contributed by atoms with E-state index in [2.05, 4.69) is 61.7 Å². The van der Waals surface area contributed by atoms with Crippen LogP contribution in [0.4, 0.5) is 0 Å². The van der Waals surface area contributed by atoms with E-state index in [1.54, 1.807) is 12.1 Å². The van der Waals surface area contributed by atoms with E-state index in [1.807, 2.05) is 12.1 Å². The van der Waals surface area contributed by atoms with Crippen LogP contribution < -0.4 is 0 Å². The Morgan fingerprint density at radius 1 is 0.821 bits per heavy atom. The molecule has 148 valence electrons. The Morgan fingerprint density at radius 3 is 2.18 bits per heavy atom. The summed E-state index contributed by atoms with van der Waals surface area (Å²) in [4.78, 5) is 0. The molecule has 0 saturated heterocycles. The molecule has 0 saturated carbocycles. The van der Waals surface area contributed by atoms with Crippen molar-refractivity contribution in [3.05, 3.63) is 77.5 Å². The van der Waals surface area contributed by atoms with E-state index in [-0.39, 0.29) is 0 Å². The van der Waals surface area contributed by atoms with E-state index in [0.717, 1.165) is 12.0 Å². The maximum absolute atomic E-state index is 9.62. The van der Waals surface area contributed by atoms with Crippen molar-refractivity contribution in [1.82, 2.24) is 4.57 Å². The number of aromatic nitrogens is 1.